The van der Waals surface area contributed by atoms with Crippen LogP contribution < -0.4 is 14.4 Å². The molecule has 0 fully saturated rings. The van der Waals surface area contributed by atoms with Gasteiger partial charge in [0, 0.05) is 31.0 Å². The molecule has 0 radical (unpaired) electrons. The van der Waals surface area contributed by atoms with Crippen LogP contribution in [0.4, 0.5) is 22.7 Å². The highest BCUT2D eigenvalue weighted by Crippen LogP contribution is 2.47. The summed E-state index contributed by atoms with van der Waals surface area (Å²) in [4.78, 5) is 5.04. The highest BCUT2D eigenvalue weighted by Gasteiger charge is 2.27. The maximum atomic E-state index is 4.57. The second-order valence-corrected chi connectivity index (χ2v) is 12.5. The summed E-state index contributed by atoms with van der Waals surface area (Å²) in [5.41, 5.74) is 11.2. The van der Waals surface area contributed by atoms with Gasteiger partial charge in [0.1, 0.15) is 6.21 Å². The fourth-order valence-electron chi connectivity index (χ4n) is 7.24. The molecule has 0 N–H and O–H groups in total. The number of aromatic nitrogens is 3. The molecule has 0 bridgehead atoms. The van der Waals surface area contributed by atoms with Crippen LogP contribution in [-0.4, -0.2) is 34.7 Å². The molecule has 47 heavy (non-hydrogen) atoms. The van der Waals surface area contributed by atoms with Crippen molar-refractivity contribution in [1.29, 1.82) is 0 Å². The first-order valence-electron chi connectivity index (χ1n) is 16.9. The van der Waals surface area contributed by atoms with E-state index in [9.17, 15) is 0 Å². The molecule has 0 amide bonds. The third kappa shape index (κ3) is 5.60. The van der Waals surface area contributed by atoms with Gasteiger partial charge in [-0.25, -0.2) is 9.13 Å². The molecule has 1 aliphatic rings. The van der Waals surface area contributed by atoms with Crippen molar-refractivity contribution in [3.8, 4) is 0 Å². The van der Waals surface area contributed by atoms with Crippen LogP contribution in [0.5, 0.6) is 0 Å². The van der Waals surface area contributed by atoms with Crippen molar-refractivity contribution in [3.05, 3.63) is 114 Å². The summed E-state index contributed by atoms with van der Waals surface area (Å²) in [6, 6.07) is 34.8. The van der Waals surface area contributed by atoms with Crippen LogP contribution in [0.2, 0.25) is 0 Å². The van der Waals surface area contributed by atoms with Crippen LogP contribution in [0.15, 0.2) is 107 Å². The minimum absolute atomic E-state index is 0.968. The van der Waals surface area contributed by atoms with Crippen molar-refractivity contribution >= 4 is 57.1 Å². The minimum Gasteiger partial charge on any atom is -0.343 e. The Hall–Kier alpha value is -5.17. The molecule has 238 valence electrons. The van der Waals surface area contributed by atoms with E-state index >= 15 is 0 Å². The Bertz CT molecular complexity index is 2010. The molecule has 0 unspecified atom stereocenters. The molecular weight excluding hydrogens is 578 g/mol. The summed E-state index contributed by atoms with van der Waals surface area (Å²) in [6.07, 6.45) is 9.25. The Morgan fingerprint density at radius 2 is 1.17 bits per heavy atom. The van der Waals surface area contributed by atoms with Gasteiger partial charge in [-0.1, -0.05) is 67.9 Å². The molecular formula is C40H44N7+. The molecule has 2 aromatic heterocycles. The van der Waals surface area contributed by atoms with Crippen molar-refractivity contribution < 1.29 is 4.57 Å². The SMILES string of the molecule is CCCCN1c2ccccc2N(CCCCc2c(/C=N/N=C/c3n(C)c4ccccc4[n+]3C)n(C)c3ccccc23)c2ccccc21. The molecule has 0 aliphatic carbocycles. The zero-order chi connectivity index (χ0) is 32.3. The van der Waals surface area contributed by atoms with Crippen molar-refractivity contribution in [1.82, 2.24) is 9.13 Å². The summed E-state index contributed by atoms with van der Waals surface area (Å²) in [5.74, 6) is 0.995. The van der Waals surface area contributed by atoms with Crippen molar-refractivity contribution in [2.75, 3.05) is 22.9 Å². The first kappa shape index (κ1) is 30.5. The number of anilines is 4. The number of hydrogen-bond donors (Lipinski definition) is 0. The molecule has 7 rings (SSSR count). The number of benzene rings is 4. The number of hydrogen-bond acceptors (Lipinski definition) is 4. The van der Waals surface area contributed by atoms with Gasteiger partial charge in [0.05, 0.1) is 48.8 Å². The lowest BCUT2D eigenvalue weighted by atomic mass is 10.0. The number of aryl methyl sites for hydroxylation is 4. The van der Waals surface area contributed by atoms with E-state index in [1.165, 1.54) is 63.1 Å². The number of unbranched alkanes of at least 4 members (excludes halogenated alkanes) is 2. The fraction of sp³-hybridized carbons (Fsp3) is 0.275. The standard InChI is InChI=1S/C40H44N7/c1-5-6-26-46-35-22-11-13-24-37(35)47(38-25-14-12-23-36(38)46)27-16-15-18-31-30-17-7-8-19-32(30)43(2)39(31)28-41-42-29-40-44(3)33-20-9-10-21-34(33)45(40)4/h7-14,17,19-25,28-29H,5-6,15-16,18,26-27H2,1-4H3/q+1. The summed E-state index contributed by atoms with van der Waals surface area (Å²) < 4.78 is 6.55. The molecule has 4 aromatic carbocycles. The monoisotopic (exact) mass is 622 g/mol. The Kier molecular flexibility index (Phi) is 8.62. The van der Waals surface area contributed by atoms with Crippen molar-refractivity contribution in [2.24, 2.45) is 31.3 Å². The van der Waals surface area contributed by atoms with Gasteiger partial charge in [-0.3, -0.25) is 0 Å². The van der Waals surface area contributed by atoms with E-state index < -0.39 is 0 Å². The van der Waals surface area contributed by atoms with Crippen LogP contribution in [0.3, 0.4) is 0 Å². The Morgan fingerprint density at radius 1 is 0.617 bits per heavy atom. The summed E-state index contributed by atoms with van der Waals surface area (Å²) >= 11 is 0. The van der Waals surface area contributed by atoms with Gasteiger partial charge in [-0.15, -0.1) is 0 Å². The molecule has 7 heteroatoms. The van der Waals surface area contributed by atoms with E-state index in [1.54, 1.807) is 0 Å². The number of para-hydroxylation sites is 7. The topological polar surface area (TPSA) is 44.9 Å². The normalized spacial score (nSPS) is 13.0. The highest BCUT2D eigenvalue weighted by molar-refractivity contribution is 5.95. The third-order valence-corrected chi connectivity index (χ3v) is 9.69. The number of rotatable bonds is 11. The van der Waals surface area contributed by atoms with Gasteiger partial charge in [0.2, 0.25) is 0 Å². The number of fused-ring (bicyclic) bond motifs is 4. The van der Waals surface area contributed by atoms with E-state index in [4.69, 9.17) is 0 Å². The molecule has 0 atom stereocenters. The van der Waals surface area contributed by atoms with Gasteiger partial charge >= 0.3 is 5.82 Å². The van der Waals surface area contributed by atoms with Gasteiger partial charge < -0.3 is 14.4 Å². The summed E-state index contributed by atoms with van der Waals surface area (Å²) in [6.45, 7) is 4.27. The summed E-state index contributed by atoms with van der Waals surface area (Å²) in [5, 5.41) is 10.4. The largest absolute Gasteiger partial charge is 0.343 e. The average Bonchev–Trinajstić information content (AvgIpc) is 3.52. The molecule has 0 saturated heterocycles. The number of nitrogens with zero attached hydrogens (tertiary/aromatic N) is 7. The lowest BCUT2D eigenvalue weighted by molar-refractivity contribution is -0.646. The van der Waals surface area contributed by atoms with E-state index in [0.29, 0.717) is 0 Å². The molecule has 0 spiro atoms. The van der Waals surface area contributed by atoms with Crippen LogP contribution >= 0.6 is 0 Å². The second-order valence-electron chi connectivity index (χ2n) is 12.5. The first-order valence-corrected chi connectivity index (χ1v) is 16.9. The van der Waals surface area contributed by atoms with Crippen molar-refractivity contribution in [2.45, 2.75) is 39.0 Å². The van der Waals surface area contributed by atoms with Gasteiger partial charge in [-0.2, -0.15) is 10.2 Å². The van der Waals surface area contributed by atoms with Crippen molar-refractivity contribution in [3.63, 3.8) is 0 Å². The van der Waals surface area contributed by atoms with Gasteiger partial charge in [0.25, 0.3) is 0 Å². The second kappa shape index (κ2) is 13.3. The lowest BCUT2D eigenvalue weighted by Gasteiger charge is -2.40. The van der Waals surface area contributed by atoms with E-state index in [1.807, 2.05) is 12.4 Å². The van der Waals surface area contributed by atoms with E-state index in [2.05, 4.69) is 159 Å². The van der Waals surface area contributed by atoms with Gasteiger partial charge in [-0.05, 0) is 73.7 Å². The van der Waals surface area contributed by atoms with E-state index in [0.717, 1.165) is 43.9 Å². The molecule has 3 heterocycles. The summed E-state index contributed by atoms with van der Waals surface area (Å²) in [7, 11) is 6.27. The smallest absolute Gasteiger partial charge is 0.302 e. The predicted molar refractivity (Wildman–Crippen MR) is 197 cm³/mol. The zero-order valence-corrected chi connectivity index (χ0v) is 28.0. The zero-order valence-electron chi connectivity index (χ0n) is 28.0. The predicted octanol–water partition coefficient (Wildman–Crippen LogP) is 8.36. The average molecular weight is 623 g/mol. The van der Waals surface area contributed by atoms with Gasteiger partial charge in [0.15, 0.2) is 11.0 Å². The minimum atomic E-state index is 0.968. The third-order valence-electron chi connectivity index (χ3n) is 9.69. The first-order chi connectivity index (χ1) is 23.1. The highest BCUT2D eigenvalue weighted by atomic mass is 15.3. The molecule has 7 nitrogen and oxygen atoms in total. The Labute approximate surface area is 277 Å². The fourth-order valence-corrected chi connectivity index (χ4v) is 7.24. The van der Waals surface area contributed by atoms with Crippen LogP contribution in [-0.2, 0) is 27.6 Å². The Balaban J connectivity index is 1.11. The Morgan fingerprint density at radius 3 is 1.81 bits per heavy atom. The van der Waals surface area contributed by atoms with Crippen LogP contribution in [0, 0.1) is 0 Å². The van der Waals surface area contributed by atoms with E-state index in [-0.39, 0.29) is 0 Å². The quantitative estimate of drug-likeness (QED) is 0.0631. The number of imidazole rings is 1. The molecule has 6 aromatic rings. The maximum Gasteiger partial charge on any atom is 0.302 e. The molecule has 0 saturated carbocycles. The van der Waals surface area contributed by atoms with Crippen LogP contribution in [0.25, 0.3) is 21.9 Å². The van der Waals surface area contributed by atoms with Crippen LogP contribution in [0.1, 0.15) is 49.7 Å². The maximum absolute atomic E-state index is 4.57. The lowest BCUT2D eigenvalue weighted by Crippen LogP contribution is -2.32. The molecule has 1 aliphatic heterocycles.